The van der Waals surface area contributed by atoms with Crippen molar-refractivity contribution < 1.29 is 0 Å². The zero-order valence-electron chi connectivity index (χ0n) is 5.05. The summed E-state index contributed by atoms with van der Waals surface area (Å²) in [5.41, 5.74) is 4.00. The highest BCUT2D eigenvalue weighted by Crippen LogP contribution is 1.89. The van der Waals surface area contributed by atoms with E-state index in [0.29, 0.717) is 0 Å². The summed E-state index contributed by atoms with van der Waals surface area (Å²) in [5, 5.41) is 3.94. The van der Waals surface area contributed by atoms with Gasteiger partial charge in [0, 0.05) is 7.05 Å². The van der Waals surface area contributed by atoms with Crippen molar-refractivity contribution in [2.45, 2.75) is 6.92 Å². The van der Waals surface area contributed by atoms with Crippen molar-refractivity contribution in [2.75, 3.05) is 12.5 Å². The van der Waals surface area contributed by atoms with E-state index in [2.05, 4.69) is 10.5 Å². The molecule has 1 rings (SSSR count). The smallest absolute Gasteiger partial charge is 0.0588 e. The molecule has 1 heterocycles. The Kier molecular flexibility index (Phi) is 1.20. The van der Waals surface area contributed by atoms with Gasteiger partial charge in [-0.3, -0.25) is 0 Å². The maximum absolute atomic E-state index is 3.94. The van der Waals surface area contributed by atoms with Crippen LogP contribution in [0.1, 0.15) is 5.69 Å². The molecular formula is C5H9N3. The molecule has 0 amide bonds. The first kappa shape index (κ1) is 5.15. The molecule has 0 fully saturated rings. The van der Waals surface area contributed by atoms with Gasteiger partial charge in [-0.05, 0) is 13.0 Å². The normalized spacial score (nSPS) is 9.25. The van der Waals surface area contributed by atoms with Gasteiger partial charge in [0.1, 0.15) is 0 Å². The molecule has 1 aromatic rings. The van der Waals surface area contributed by atoms with Gasteiger partial charge in [-0.15, -0.1) is 0 Å². The van der Waals surface area contributed by atoms with E-state index in [1.54, 1.807) is 11.0 Å². The topological polar surface area (TPSA) is 29.9 Å². The quantitative estimate of drug-likeness (QED) is 0.567. The van der Waals surface area contributed by atoms with E-state index in [1.807, 2.05) is 20.0 Å². The van der Waals surface area contributed by atoms with Crippen molar-refractivity contribution in [1.29, 1.82) is 0 Å². The highest BCUT2D eigenvalue weighted by atomic mass is 15.5. The molecule has 44 valence electrons. The van der Waals surface area contributed by atoms with Crippen LogP contribution in [-0.2, 0) is 0 Å². The molecule has 0 aliphatic rings. The van der Waals surface area contributed by atoms with Gasteiger partial charge in [0.25, 0.3) is 0 Å². The minimum atomic E-state index is 1.12. The second-order valence-corrected chi connectivity index (χ2v) is 1.61. The van der Waals surface area contributed by atoms with E-state index in [9.17, 15) is 0 Å². The molecule has 3 nitrogen and oxygen atoms in total. The van der Waals surface area contributed by atoms with Crippen molar-refractivity contribution in [3.63, 3.8) is 0 Å². The van der Waals surface area contributed by atoms with E-state index in [-0.39, 0.29) is 0 Å². The van der Waals surface area contributed by atoms with Crippen LogP contribution in [0, 0.1) is 6.92 Å². The zero-order chi connectivity index (χ0) is 5.98. The molecule has 1 aromatic heterocycles. The summed E-state index contributed by atoms with van der Waals surface area (Å²) >= 11 is 0. The van der Waals surface area contributed by atoms with Crippen LogP contribution in [0.15, 0.2) is 12.3 Å². The molecule has 0 radical (unpaired) electrons. The predicted octanol–water partition coefficient (Wildman–Crippen LogP) is 0.365. The molecule has 1 N–H and O–H groups in total. The number of aromatic nitrogens is 2. The van der Waals surface area contributed by atoms with E-state index in [1.165, 1.54) is 0 Å². The third kappa shape index (κ3) is 0.665. The maximum atomic E-state index is 3.94. The van der Waals surface area contributed by atoms with E-state index in [0.717, 1.165) is 5.69 Å². The lowest BCUT2D eigenvalue weighted by molar-refractivity contribution is 0.755. The number of hydrogen-bond donors (Lipinski definition) is 1. The van der Waals surface area contributed by atoms with Gasteiger partial charge in [-0.25, -0.2) is 0 Å². The maximum Gasteiger partial charge on any atom is 0.0588 e. The van der Waals surface area contributed by atoms with Gasteiger partial charge < -0.3 is 5.43 Å². The molecule has 0 saturated heterocycles. The molecule has 3 heteroatoms. The Bertz CT molecular complexity index is 168. The van der Waals surface area contributed by atoms with Gasteiger partial charge in [0.15, 0.2) is 0 Å². The van der Waals surface area contributed by atoms with E-state index >= 15 is 0 Å². The number of hydrogen-bond acceptors (Lipinski definition) is 2. The fourth-order valence-corrected chi connectivity index (χ4v) is 0.604. The lowest BCUT2D eigenvalue weighted by atomic mass is 10.5. The van der Waals surface area contributed by atoms with E-state index < -0.39 is 0 Å². The Morgan fingerprint density at radius 1 is 1.75 bits per heavy atom. The zero-order valence-corrected chi connectivity index (χ0v) is 5.05. The second-order valence-electron chi connectivity index (χ2n) is 1.61. The van der Waals surface area contributed by atoms with Crippen molar-refractivity contribution >= 4 is 0 Å². The summed E-state index contributed by atoms with van der Waals surface area (Å²) in [6.45, 7) is 1.99. The standard InChI is InChI=1S/C5H9N3/c1-5-3-4-7-8(5)6-2/h3-4,6H,1-2H3. The van der Waals surface area contributed by atoms with Crippen molar-refractivity contribution in [3.05, 3.63) is 18.0 Å². The second kappa shape index (κ2) is 1.86. The summed E-state index contributed by atoms with van der Waals surface area (Å²) in [5.74, 6) is 0. The lowest BCUT2D eigenvalue weighted by Crippen LogP contribution is -2.11. The molecule has 0 aliphatic heterocycles. The molecule has 0 aromatic carbocycles. The van der Waals surface area contributed by atoms with Crippen LogP contribution in [0.2, 0.25) is 0 Å². The Morgan fingerprint density at radius 2 is 2.50 bits per heavy atom. The molecule has 8 heavy (non-hydrogen) atoms. The monoisotopic (exact) mass is 111 g/mol. The third-order valence-corrected chi connectivity index (χ3v) is 1.04. The molecule has 0 unspecified atom stereocenters. The summed E-state index contributed by atoms with van der Waals surface area (Å²) in [7, 11) is 1.83. The van der Waals surface area contributed by atoms with Gasteiger partial charge >= 0.3 is 0 Å². The largest absolute Gasteiger partial charge is 0.313 e. The van der Waals surface area contributed by atoms with Crippen LogP contribution >= 0.6 is 0 Å². The number of aryl methyl sites for hydroxylation is 1. The summed E-state index contributed by atoms with van der Waals surface area (Å²) in [6.07, 6.45) is 1.76. The van der Waals surface area contributed by atoms with Crippen LogP contribution in [0.4, 0.5) is 0 Å². The fraction of sp³-hybridized carbons (Fsp3) is 0.400. The molecule has 0 spiro atoms. The molecule has 0 aliphatic carbocycles. The first-order chi connectivity index (χ1) is 3.84. The SMILES string of the molecule is CNn1nccc1C. The highest BCUT2D eigenvalue weighted by Gasteiger charge is 1.88. The van der Waals surface area contributed by atoms with Crippen LogP contribution in [-0.4, -0.2) is 16.9 Å². The minimum Gasteiger partial charge on any atom is -0.313 e. The van der Waals surface area contributed by atoms with Gasteiger partial charge in [0.2, 0.25) is 0 Å². The highest BCUT2D eigenvalue weighted by molar-refractivity contribution is 4.97. The van der Waals surface area contributed by atoms with Gasteiger partial charge in [-0.2, -0.15) is 9.89 Å². The van der Waals surface area contributed by atoms with Crippen molar-refractivity contribution in [1.82, 2.24) is 9.89 Å². The summed E-state index contributed by atoms with van der Waals surface area (Å²) in [4.78, 5) is 1.71. The average Bonchev–Trinajstić information content (AvgIpc) is 2.14. The van der Waals surface area contributed by atoms with Gasteiger partial charge in [0.05, 0.1) is 11.9 Å². The predicted molar refractivity (Wildman–Crippen MR) is 32.2 cm³/mol. The first-order valence-corrected chi connectivity index (χ1v) is 2.53. The number of nitrogens with one attached hydrogen (secondary N) is 1. The Balaban J connectivity index is 2.92. The van der Waals surface area contributed by atoms with E-state index in [4.69, 9.17) is 0 Å². The Hall–Kier alpha value is -0.990. The van der Waals surface area contributed by atoms with Crippen LogP contribution in [0.5, 0.6) is 0 Å². The fourth-order valence-electron chi connectivity index (χ4n) is 0.604. The van der Waals surface area contributed by atoms with Crippen molar-refractivity contribution in [2.24, 2.45) is 0 Å². The summed E-state index contributed by atoms with van der Waals surface area (Å²) < 4.78 is 0. The first-order valence-electron chi connectivity index (χ1n) is 2.53. The van der Waals surface area contributed by atoms with Crippen LogP contribution in [0.25, 0.3) is 0 Å². The molecule has 0 atom stereocenters. The van der Waals surface area contributed by atoms with Gasteiger partial charge in [-0.1, -0.05) is 0 Å². The Morgan fingerprint density at radius 3 is 2.75 bits per heavy atom. The van der Waals surface area contributed by atoms with Crippen molar-refractivity contribution in [3.8, 4) is 0 Å². The minimum absolute atomic E-state index is 1.12. The molecular weight excluding hydrogens is 102 g/mol. The van der Waals surface area contributed by atoms with Crippen LogP contribution in [0.3, 0.4) is 0 Å². The third-order valence-electron chi connectivity index (χ3n) is 1.04. The lowest BCUT2D eigenvalue weighted by Gasteiger charge is -1.98. The molecule has 0 saturated carbocycles. The van der Waals surface area contributed by atoms with Crippen LogP contribution < -0.4 is 5.43 Å². The molecule has 0 bridgehead atoms. The number of rotatable bonds is 1. The average molecular weight is 111 g/mol. The Labute approximate surface area is 48.3 Å². The summed E-state index contributed by atoms with van der Waals surface area (Å²) in [6, 6.07) is 1.94. The number of nitrogens with zero attached hydrogens (tertiary/aromatic N) is 2.